The predicted molar refractivity (Wildman–Crippen MR) is 112 cm³/mol. The van der Waals surface area contributed by atoms with Gasteiger partial charge in [0.1, 0.15) is 24.2 Å². The molecule has 0 heterocycles. The van der Waals surface area contributed by atoms with Crippen LogP contribution in [-0.4, -0.2) is 39.8 Å². The summed E-state index contributed by atoms with van der Waals surface area (Å²) < 4.78 is 44.1. The van der Waals surface area contributed by atoms with E-state index in [1.165, 1.54) is 24.6 Å². The van der Waals surface area contributed by atoms with E-state index in [1.807, 2.05) is 24.3 Å². The molecule has 1 N–H and O–H groups in total. The molecule has 2 rings (SSSR count). The summed E-state index contributed by atoms with van der Waals surface area (Å²) in [4.78, 5) is 12.5. The van der Waals surface area contributed by atoms with Crippen LogP contribution >= 0.6 is 0 Å². The Morgan fingerprint density at radius 2 is 1.76 bits per heavy atom. The number of anilines is 1. The van der Waals surface area contributed by atoms with Crippen LogP contribution in [0.2, 0.25) is 0 Å². The molecule has 6 nitrogen and oxygen atoms in total. The molecule has 0 fully saturated rings. The number of halogens is 1. The number of nitrogens with one attached hydrogen (secondary N) is 1. The molecule has 2 aromatic carbocycles. The fraction of sp³-hybridized carbons (Fsp3) is 0.381. The van der Waals surface area contributed by atoms with Crippen LogP contribution in [0.1, 0.15) is 25.8 Å². The maximum atomic E-state index is 13.2. The number of carbonyl (C=O) groups excluding carboxylic acids is 1. The van der Waals surface area contributed by atoms with Crippen molar-refractivity contribution in [2.24, 2.45) is 0 Å². The van der Waals surface area contributed by atoms with Crippen molar-refractivity contribution < 1.29 is 22.3 Å². The van der Waals surface area contributed by atoms with Gasteiger partial charge in [-0.2, -0.15) is 0 Å². The number of rotatable bonds is 10. The van der Waals surface area contributed by atoms with E-state index in [9.17, 15) is 17.6 Å². The fourth-order valence-corrected chi connectivity index (χ4v) is 4.10. The highest BCUT2D eigenvalue weighted by Gasteiger charge is 2.28. The van der Waals surface area contributed by atoms with Crippen LogP contribution in [0.5, 0.6) is 5.75 Å². The molecule has 0 aromatic heterocycles. The Hall–Kier alpha value is -2.61. The Morgan fingerprint density at radius 1 is 1.14 bits per heavy atom. The van der Waals surface area contributed by atoms with Gasteiger partial charge >= 0.3 is 0 Å². The van der Waals surface area contributed by atoms with Gasteiger partial charge in [0.15, 0.2) is 0 Å². The normalized spacial score (nSPS) is 12.3. The van der Waals surface area contributed by atoms with Crippen LogP contribution in [0, 0.1) is 5.82 Å². The standard InChI is InChI=1S/C21H27FN2O4S/c1-4-5-17-6-12-20(13-7-17)28-15-14-23-21(25)16(2)24(29(3,26)27)19-10-8-18(22)9-11-19/h6-13,16H,4-5,14-15H2,1-3H3,(H,23,25)/t16-/m0/s1. The first-order chi connectivity index (χ1) is 13.7. The largest absolute Gasteiger partial charge is 0.492 e. The van der Waals surface area contributed by atoms with Crippen molar-refractivity contribution in [3.63, 3.8) is 0 Å². The number of amides is 1. The first-order valence-corrected chi connectivity index (χ1v) is 11.3. The second-order valence-electron chi connectivity index (χ2n) is 6.74. The van der Waals surface area contributed by atoms with Gasteiger partial charge in [0.25, 0.3) is 0 Å². The Morgan fingerprint density at radius 3 is 2.31 bits per heavy atom. The maximum Gasteiger partial charge on any atom is 0.243 e. The van der Waals surface area contributed by atoms with Crippen molar-refractivity contribution in [2.45, 2.75) is 32.7 Å². The number of nitrogens with zero attached hydrogens (tertiary/aromatic N) is 1. The lowest BCUT2D eigenvalue weighted by Gasteiger charge is -2.28. The van der Waals surface area contributed by atoms with Crippen LogP contribution in [0.3, 0.4) is 0 Å². The van der Waals surface area contributed by atoms with E-state index in [0.29, 0.717) is 5.75 Å². The van der Waals surface area contributed by atoms with Gasteiger partial charge in [-0.3, -0.25) is 9.10 Å². The second kappa shape index (κ2) is 10.2. The molecule has 0 saturated heterocycles. The lowest BCUT2D eigenvalue weighted by atomic mass is 10.1. The van der Waals surface area contributed by atoms with Gasteiger partial charge < -0.3 is 10.1 Å². The molecule has 1 amide bonds. The van der Waals surface area contributed by atoms with E-state index >= 15 is 0 Å². The van der Waals surface area contributed by atoms with Crippen LogP contribution in [0.25, 0.3) is 0 Å². The Bertz CT molecular complexity index is 899. The van der Waals surface area contributed by atoms with E-state index < -0.39 is 27.8 Å². The number of ether oxygens (including phenoxy) is 1. The molecule has 158 valence electrons. The summed E-state index contributed by atoms with van der Waals surface area (Å²) in [6, 6.07) is 11.7. The third-order valence-electron chi connectivity index (χ3n) is 4.30. The van der Waals surface area contributed by atoms with Gasteiger partial charge in [0.05, 0.1) is 18.5 Å². The van der Waals surface area contributed by atoms with Gasteiger partial charge in [-0.05, 0) is 55.3 Å². The molecule has 0 aliphatic rings. The molecule has 2 aromatic rings. The number of aryl methyl sites for hydroxylation is 1. The third kappa shape index (κ3) is 6.74. The highest BCUT2D eigenvalue weighted by atomic mass is 32.2. The Kier molecular flexibility index (Phi) is 8.01. The summed E-state index contributed by atoms with van der Waals surface area (Å²) in [6.07, 6.45) is 3.09. The van der Waals surface area contributed by atoms with Gasteiger partial charge in [0, 0.05) is 0 Å². The van der Waals surface area contributed by atoms with Gasteiger partial charge in [-0.1, -0.05) is 25.5 Å². The van der Waals surface area contributed by atoms with E-state index in [4.69, 9.17) is 4.74 Å². The first kappa shape index (κ1) is 22.7. The van der Waals surface area contributed by atoms with E-state index in [0.717, 1.165) is 35.5 Å². The lowest BCUT2D eigenvalue weighted by Crippen LogP contribution is -2.48. The predicted octanol–water partition coefficient (Wildman–Crippen LogP) is 3.13. The van der Waals surface area contributed by atoms with Crippen molar-refractivity contribution in [3.8, 4) is 5.75 Å². The molecular formula is C21H27FN2O4S. The smallest absolute Gasteiger partial charge is 0.243 e. The average molecular weight is 423 g/mol. The summed E-state index contributed by atoms with van der Waals surface area (Å²) in [5.74, 6) is -0.253. The summed E-state index contributed by atoms with van der Waals surface area (Å²) in [5.41, 5.74) is 1.46. The van der Waals surface area contributed by atoms with Crippen LogP contribution in [0.15, 0.2) is 48.5 Å². The molecule has 0 bridgehead atoms. The molecule has 1 atom stereocenters. The molecule has 0 aliphatic carbocycles. The number of carbonyl (C=O) groups is 1. The number of benzene rings is 2. The number of hydrogen-bond donors (Lipinski definition) is 1. The summed E-state index contributed by atoms with van der Waals surface area (Å²) >= 11 is 0. The van der Waals surface area contributed by atoms with Crippen molar-refractivity contribution in [1.29, 1.82) is 0 Å². The summed E-state index contributed by atoms with van der Waals surface area (Å²) in [7, 11) is -3.74. The Balaban J connectivity index is 1.91. The van der Waals surface area contributed by atoms with Crippen molar-refractivity contribution in [3.05, 3.63) is 59.9 Å². The topological polar surface area (TPSA) is 75.7 Å². The molecule has 8 heteroatoms. The molecule has 0 unspecified atom stereocenters. The zero-order valence-corrected chi connectivity index (χ0v) is 17.7. The minimum atomic E-state index is -3.74. The molecular weight excluding hydrogens is 395 g/mol. The first-order valence-electron chi connectivity index (χ1n) is 9.46. The fourth-order valence-electron chi connectivity index (χ4n) is 2.93. The van der Waals surface area contributed by atoms with Crippen LogP contribution in [0.4, 0.5) is 10.1 Å². The van der Waals surface area contributed by atoms with Crippen LogP contribution in [-0.2, 0) is 21.2 Å². The second-order valence-corrected chi connectivity index (χ2v) is 8.60. The summed E-state index contributed by atoms with van der Waals surface area (Å²) in [5, 5.41) is 2.67. The maximum absolute atomic E-state index is 13.2. The average Bonchev–Trinajstić information content (AvgIpc) is 2.67. The van der Waals surface area contributed by atoms with Gasteiger partial charge in [-0.25, -0.2) is 12.8 Å². The molecule has 29 heavy (non-hydrogen) atoms. The molecule has 0 aliphatic heterocycles. The summed E-state index contributed by atoms with van der Waals surface area (Å²) in [6.45, 7) is 4.07. The molecule has 0 radical (unpaired) electrons. The van der Waals surface area contributed by atoms with Crippen molar-refractivity contribution >= 4 is 21.6 Å². The van der Waals surface area contributed by atoms with Gasteiger partial charge in [0.2, 0.25) is 15.9 Å². The number of sulfonamides is 1. The monoisotopic (exact) mass is 422 g/mol. The van der Waals surface area contributed by atoms with E-state index in [2.05, 4.69) is 12.2 Å². The van der Waals surface area contributed by atoms with Crippen molar-refractivity contribution in [2.75, 3.05) is 23.7 Å². The van der Waals surface area contributed by atoms with E-state index in [-0.39, 0.29) is 18.8 Å². The quantitative estimate of drug-likeness (QED) is 0.597. The zero-order chi connectivity index (χ0) is 21.4. The Labute approximate surface area is 171 Å². The van der Waals surface area contributed by atoms with Crippen molar-refractivity contribution in [1.82, 2.24) is 5.32 Å². The van der Waals surface area contributed by atoms with E-state index in [1.54, 1.807) is 0 Å². The molecule has 0 saturated carbocycles. The SMILES string of the molecule is CCCc1ccc(OCCNC(=O)[C@H](C)N(c2ccc(F)cc2)S(C)(=O)=O)cc1. The minimum absolute atomic E-state index is 0.222. The third-order valence-corrected chi connectivity index (χ3v) is 5.54. The highest BCUT2D eigenvalue weighted by Crippen LogP contribution is 2.21. The van der Waals surface area contributed by atoms with Crippen LogP contribution < -0.4 is 14.4 Å². The minimum Gasteiger partial charge on any atom is -0.492 e. The highest BCUT2D eigenvalue weighted by molar-refractivity contribution is 7.92. The zero-order valence-electron chi connectivity index (χ0n) is 16.9. The van der Waals surface area contributed by atoms with Gasteiger partial charge in [-0.15, -0.1) is 0 Å². The molecule has 0 spiro atoms. The lowest BCUT2D eigenvalue weighted by molar-refractivity contribution is -0.121. The number of hydrogen-bond acceptors (Lipinski definition) is 4.